The van der Waals surface area contributed by atoms with Gasteiger partial charge in [0.15, 0.2) is 11.6 Å². The molecule has 1 N–H and O–H groups in total. The van der Waals surface area contributed by atoms with Crippen molar-refractivity contribution in [2.45, 2.75) is 6.10 Å². The molecule has 2 heterocycles. The van der Waals surface area contributed by atoms with Crippen molar-refractivity contribution in [3.05, 3.63) is 54.2 Å². The average molecular weight is 284 g/mol. The van der Waals surface area contributed by atoms with Crippen LogP contribution in [0.25, 0.3) is 0 Å². The van der Waals surface area contributed by atoms with Crippen molar-refractivity contribution < 1.29 is 19.4 Å². The Hall–Kier alpha value is -2.89. The minimum atomic E-state index is -1.10. The lowest BCUT2D eigenvalue weighted by molar-refractivity contribution is -0.138. The molecular formula is C15H12N2O4. The first-order valence-corrected chi connectivity index (χ1v) is 6.36. The van der Waals surface area contributed by atoms with Gasteiger partial charge in [0.1, 0.15) is 6.54 Å². The number of nitrogens with zero attached hydrogens (tertiary/aromatic N) is 2. The number of hydrogen-bond donors (Lipinski definition) is 1. The number of benzene rings is 1. The number of amides is 1. The van der Waals surface area contributed by atoms with Crippen LogP contribution in [0.2, 0.25) is 0 Å². The van der Waals surface area contributed by atoms with Gasteiger partial charge in [-0.05, 0) is 12.1 Å². The third-order valence-corrected chi connectivity index (χ3v) is 3.14. The quantitative estimate of drug-likeness (QED) is 0.926. The topological polar surface area (TPSA) is 79.7 Å². The van der Waals surface area contributed by atoms with E-state index >= 15 is 0 Å². The Morgan fingerprint density at radius 2 is 2.00 bits per heavy atom. The van der Waals surface area contributed by atoms with Crippen LogP contribution in [0, 0.1) is 0 Å². The summed E-state index contributed by atoms with van der Waals surface area (Å²) in [6.45, 7) is -0.449. The summed E-state index contributed by atoms with van der Waals surface area (Å²) in [5.74, 6) is -0.909. The minimum absolute atomic E-state index is 0.233. The SMILES string of the molecule is O=C(O)CN1C(=O)C(c2ccccc2)Oc2cccnc21. The van der Waals surface area contributed by atoms with Crippen LogP contribution in [0.5, 0.6) is 5.75 Å². The first kappa shape index (κ1) is 13.1. The lowest BCUT2D eigenvalue weighted by Gasteiger charge is -2.32. The third-order valence-electron chi connectivity index (χ3n) is 3.14. The number of hydrogen-bond acceptors (Lipinski definition) is 4. The lowest BCUT2D eigenvalue weighted by atomic mass is 10.1. The predicted octanol–water partition coefficient (Wildman–Crippen LogP) is 1.63. The third kappa shape index (κ3) is 2.43. The summed E-state index contributed by atoms with van der Waals surface area (Å²) in [5, 5.41) is 9.00. The number of aromatic nitrogens is 1. The molecule has 0 bridgehead atoms. The highest BCUT2D eigenvalue weighted by Crippen LogP contribution is 2.36. The second kappa shape index (κ2) is 5.24. The second-order valence-electron chi connectivity index (χ2n) is 4.55. The zero-order chi connectivity index (χ0) is 14.8. The monoisotopic (exact) mass is 284 g/mol. The molecule has 1 unspecified atom stereocenters. The number of pyridine rings is 1. The number of carbonyl (C=O) groups excluding carboxylic acids is 1. The van der Waals surface area contributed by atoms with Crippen LogP contribution in [-0.2, 0) is 9.59 Å². The Morgan fingerprint density at radius 1 is 1.24 bits per heavy atom. The number of carboxylic acids is 1. The Bertz CT molecular complexity index is 687. The maximum Gasteiger partial charge on any atom is 0.323 e. The molecule has 6 heteroatoms. The highest BCUT2D eigenvalue weighted by molar-refractivity contribution is 6.02. The summed E-state index contributed by atoms with van der Waals surface area (Å²) in [7, 11) is 0. The Labute approximate surface area is 120 Å². The molecule has 0 aliphatic carbocycles. The van der Waals surface area contributed by atoms with Crippen LogP contribution >= 0.6 is 0 Å². The number of carboxylic acid groups (broad SMARTS) is 1. The van der Waals surface area contributed by atoms with Gasteiger partial charge in [-0.3, -0.25) is 14.5 Å². The summed E-state index contributed by atoms with van der Waals surface area (Å²) in [6.07, 6.45) is 0.634. The van der Waals surface area contributed by atoms with Crippen LogP contribution < -0.4 is 9.64 Å². The number of rotatable bonds is 3. The van der Waals surface area contributed by atoms with E-state index in [-0.39, 0.29) is 5.82 Å². The van der Waals surface area contributed by atoms with Crippen LogP contribution in [0.15, 0.2) is 48.7 Å². The van der Waals surface area contributed by atoms with Gasteiger partial charge in [-0.1, -0.05) is 30.3 Å². The summed E-state index contributed by atoms with van der Waals surface area (Å²) >= 11 is 0. The van der Waals surface area contributed by atoms with Gasteiger partial charge < -0.3 is 9.84 Å². The number of anilines is 1. The van der Waals surface area contributed by atoms with Gasteiger partial charge in [0.2, 0.25) is 6.10 Å². The lowest BCUT2D eigenvalue weighted by Crippen LogP contribution is -2.44. The van der Waals surface area contributed by atoms with Crippen LogP contribution in [0.1, 0.15) is 11.7 Å². The van der Waals surface area contributed by atoms with E-state index in [4.69, 9.17) is 9.84 Å². The first-order valence-electron chi connectivity index (χ1n) is 6.36. The Kier molecular flexibility index (Phi) is 3.27. The molecule has 2 aromatic rings. The maximum absolute atomic E-state index is 12.5. The fourth-order valence-electron chi connectivity index (χ4n) is 2.23. The average Bonchev–Trinajstić information content (AvgIpc) is 2.50. The number of aliphatic carboxylic acids is 1. The molecule has 1 aliphatic rings. The van der Waals surface area contributed by atoms with Gasteiger partial charge in [0.05, 0.1) is 0 Å². The van der Waals surface area contributed by atoms with Gasteiger partial charge in [-0.15, -0.1) is 0 Å². The number of ether oxygens (including phenoxy) is 1. The van der Waals surface area contributed by atoms with Crippen LogP contribution in [-0.4, -0.2) is 28.5 Å². The first-order chi connectivity index (χ1) is 10.2. The van der Waals surface area contributed by atoms with E-state index in [1.807, 2.05) is 6.07 Å². The summed E-state index contributed by atoms with van der Waals surface area (Å²) in [4.78, 5) is 28.7. The number of carbonyl (C=O) groups is 2. The van der Waals surface area contributed by atoms with Crippen molar-refractivity contribution in [3.8, 4) is 5.75 Å². The van der Waals surface area contributed by atoms with Crippen molar-refractivity contribution in [1.82, 2.24) is 4.98 Å². The van der Waals surface area contributed by atoms with Crippen molar-refractivity contribution in [2.24, 2.45) is 0 Å². The molecule has 0 radical (unpaired) electrons. The van der Waals surface area contributed by atoms with E-state index in [1.165, 1.54) is 6.20 Å². The number of fused-ring (bicyclic) bond motifs is 1. The fraction of sp³-hybridized carbons (Fsp3) is 0.133. The molecule has 1 aromatic heterocycles. The zero-order valence-corrected chi connectivity index (χ0v) is 11.0. The normalized spacial score (nSPS) is 17.0. The molecule has 21 heavy (non-hydrogen) atoms. The molecule has 0 saturated carbocycles. The van der Waals surface area contributed by atoms with Gasteiger partial charge in [0.25, 0.3) is 5.91 Å². The Morgan fingerprint density at radius 3 is 2.71 bits per heavy atom. The van der Waals surface area contributed by atoms with Crippen molar-refractivity contribution in [2.75, 3.05) is 11.4 Å². The van der Waals surface area contributed by atoms with Gasteiger partial charge in [-0.2, -0.15) is 0 Å². The van der Waals surface area contributed by atoms with Crippen LogP contribution in [0.3, 0.4) is 0 Å². The van der Waals surface area contributed by atoms with E-state index < -0.39 is 24.5 Å². The minimum Gasteiger partial charge on any atom is -0.480 e. The maximum atomic E-state index is 12.5. The standard InChI is InChI=1S/C15H12N2O4/c18-12(19)9-17-14-11(7-4-8-16-14)21-13(15(17)20)10-5-2-1-3-6-10/h1-8,13H,9H2,(H,18,19). The van der Waals surface area contributed by atoms with Gasteiger partial charge >= 0.3 is 5.97 Å². The molecular weight excluding hydrogens is 272 g/mol. The highest BCUT2D eigenvalue weighted by atomic mass is 16.5. The molecule has 3 rings (SSSR count). The molecule has 1 aliphatic heterocycles. The smallest absolute Gasteiger partial charge is 0.323 e. The molecule has 0 spiro atoms. The Balaban J connectivity index is 2.04. The second-order valence-corrected chi connectivity index (χ2v) is 4.55. The van der Waals surface area contributed by atoms with Gasteiger partial charge in [-0.25, -0.2) is 4.98 Å². The summed E-state index contributed by atoms with van der Waals surface area (Å²) < 4.78 is 5.70. The summed E-state index contributed by atoms with van der Waals surface area (Å²) in [5.41, 5.74) is 0.674. The molecule has 6 nitrogen and oxygen atoms in total. The van der Waals surface area contributed by atoms with Crippen molar-refractivity contribution in [1.29, 1.82) is 0 Å². The van der Waals surface area contributed by atoms with E-state index in [0.29, 0.717) is 11.3 Å². The summed E-state index contributed by atoms with van der Waals surface area (Å²) in [6, 6.07) is 12.3. The van der Waals surface area contributed by atoms with E-state index in [0.717, 1.165) is 4.90 Å². The fourth-order valence-corrected chi connectivity index (χ4v) is 2.23. The van der Waals surface area contributed by atoms with E-state index in [2.05, 4.69) is 4.98 Å². The zero-order valence-electron chi connectivity index (χ0n) is 11.0. The van der Waals surface area contributed by atoms with Crippen molar-refractivity contribution in [3.63, 3.8) is 0 Å². The molecule has 1 amide bonds. The molecule has 1 atom stereocenters. The highest BCUT2D eigenvalue weighted by Gasteiger charge is 2.37. The van der Waals surface area contributed by atoms with Crippen molar-refractivity contribution >= 4 is 17.7 Å². The predicted molar refractivity (Wildman–Crippen MR) is 74.0 cm³/mol. The van der Waals surface area contributed by atoms with Gasteiger partial charge in [0, 0.05) is 11.8 Å². The molecule has 0 saturated heterocycles. The molecule has 0 fully saturated rings. The van der Waals surface area contributed by atoms with Crippen LogP contribution in [0.4, 0.5) is 5.82 Å². The van der Waals surface area contributed by atoms with E-state index in [1.54, 1.807) is 36.4 Å². The molecule has 106 valence electrons. The largest absolute Gasteiger partial charge is 0.480 e. The molecule has 1 aromatic carbocycles. The van der Waals surface area contributed by atoms with E-state index in [9.17, 15) is 9.59 Å².